The number of benzene rings is 1. The van der Waals surface area contributed by atoms with E-state index in [-0.39, 0.29) is 0 Å². The van der Waals surface area contributed by atoms with Crippen LogP contribution < -0.4 is 10.4 Å². The molecule has 12 heavy (non-hydrogen) atoms. The van der Waals surface area contributed by atoms with E-state index in [9.17, 15) is 5.11 Å². The number of hydrogen-bond donors (Lipinski definition) is 0. The van der Waals surface area contributed by atoms with E-state index >= 15 is 0 Å². The van der Waals surface area contributed by atoms with Crippen LogP contribution in [0.25, 0.3) is 0 Å². The third-order valence-corrected chi connectivity index (χ3v) is 2.89. The van der Waals surface area contributed by atoms with E-state index in [2.05, 4.69) is 19.1 Å². The summed E-state index contributed by atoms with van der Waals surface area (Å²) in [5, 5.41) is 11.5. The van der Waals surface area contributed by atoms with Crippen molar-refractivity contribution in [3.8, 4) is 0 Å². The average Bonchev–Trinajstić information content (AvgIpc) is 1.96. The van der Waals surface area contributed by atoms with Gasteiger partial charge >= 0.3 is 0 Å². The van der Waals surface area contributed by atoms with Gasteiger partial charge in [-0.1, -0.05) is 25.9 Å². The summed E-state index contributed by atoms with van der Waals surface area (Å²) < 4.78 is 0. The lowest BCUT2D eigenvalue weighted by molar-refractivity contribution is -0.195. The van der Waals surface area contributed by atoms with Crippen LogP contribution in [-0.2, 0) is 0 Å². The predicted octanol–water partition coefficient (Wildman–Crippen LogP) is 1.30. The van der Waals surface area contributed by atoms with Crippen LogP contribution in [0.2, 0.25) is 0 Å². The molecule has 0 fully saturated rings. The zero-order valence-corrected chi connectivity index (χ0v) is 8.48. The molecule has 0 N–H and O–H groups in total. The smallest absolute Gasteiger partial charge is 0.00610 e. The molecule has 0 radical (unpaired) electrons. The first kappa shape index (κ1) is 9.44. The highest BCUT2D eigenvalue weighted by Crippen LogP contribution is 2.10. The highest BCUT2D eigenvalue weighted by Gasteiger charge is 1.98. The van der Waals surface area contributed by atoms with Crippen LogP contribution in [0.15, 0.2) is 12.1 Å². The molecule has 0 aliphatic heterocycles. The summed E-state index contributed by atoms with van der Waals surface area (Å²) in [6.45, 7) is 6.17. The third-order valence-electron chi connectivity index (χ3n) is 1.82. The van der Waals surface area contributed by atoms with E-state index in [4.69, 9.17) is 0 Å². The lowest BCUT2D eigenvalue weighted by Crippen LogP contribution is -2.06. The van der Waals surface area contributed by atoms with Crippen LogP contribution in [0.3, 0.4) is 0 Å². The highest BCUT2D eigenvalue weighted by atomic mass is 31.1. The first-order valence-corrected chi connectivity index (χ1v) is 4.84. The van der Waals surface area contributed by atoms with Crippen LogP contribution in [0.1, 0.15) is 16.7 Å². The first-order chi connectivity index (χ1) is 5.65. The molecule has 0 unspecified atom stereocenters. The van der Waals surface area contributed by atoms with E-state index in [0.29, 0.717) is 0 Å². The van der Waals surface area contributed by atoms with Gasteiger partial charge in [-0.2, -0.15) is 5.98 Å². The van der Waals surface area contributed by atoms with Crippen molar-refractivity contribution >= 4 is 19.5 Å². The van der Waals surface area contributed by atoms with Gasteiger partial charge in [0, 0.05) is 5.30 Å². The van der Waals surface area contributed by atoms with Crippen molar-refractivity contribution < 1.29 is 5.11 Å². The minimum absolute atomic E-state index is 0.779. The maximum atomic E-state index is 10.4. The Labute approximate surface area is 74.9 Å². The maximum Gasteiger partial charge on any atom is 0.00610 e. The molecule has 1 aromatic rings. The van der Waals surface area contributed by atoms with Crippen LogP contribution >= 0.6 is 8.20 Å². The third kappa shape index (κ3) is 1.94. The van der Waals surface area contributed by atoms with Gasteiger partial charge in [0.2, 0.25) is 0 Å². The molecular weight excluding hydrogens is 167 g/mol. The predicted molar refractivity (Wildman–Crippen MR) is 53.3 cm³/mol. The molecule has 0 amide bonds. The van der Waals surface area contributed by atoms with Crippen LogP contribution in [0.4, 0.5) is 0 Å². The summed E-state index contributed by atoms with van der Waals surface area (Å²) in [5.41, 5.74) is 3.68. The summed E-state index contributed by atoms with van der Waals surface area (Å²) in [7, 11) is 0.779. The van der Waals surface area contributed by atoms with Gasteiger partial charge < -0.3 is 5.11 Å². The van der Waals surface area contributed by atoms with Crippen molar-refractivity contribution in [3.05, 3.63) is 28.8 Å². The Balaban J connectivity index is 3.28. The number of aryl methyl sites for hydroxylation is 3. The zero-order chi connectivity index (χ0) is 9.14. The van der Waals surface area contributed by atoms with E-state index in [1.807, 2.05) is 13.8 Å². The van der Waals surface area contributed by atoms with Gasteiger partial charge in [-0.05, 0) is 31.9 Å². The van der Waals surface area contributed by atoms with Gasteiger partial charge in [-0.3, -0.25) is 0 Å². The maximum absolute atomic E-state index is 10.4. The summed E-state index contributed by atoms with van der Waals surface area (Å²) in [4.78, 5) is 0. The minimum atomic E-state index is 0.779. The fourth-order valence-electron chi connectivity index (χ4n) is 1.43. The van der Waals surface area contributed by atoms with Gasteiger partial charge in [-0.15, -0.1) is 0 Å². The van der Waals surface area contributed by atoms with E-state index < -0.39 is 0 Å². The van der Waals surface area contributed by atoms with E-state index in [1.165, 1.54) is 16.7 Å². The van der Waals surface area contributed by atoms with Gasteiger partial charge in [0.15, 0.2) is 0 Å². The molecule has 1 rings (SSSR count). The lowest BCUT2D eigenvalue weighted by atomic mass is 10.1. The normalized spacial score (nSPS) is 11.0. The average molecular weight is 179 g/mol. The highest BCUT2D eigenvalue weighted by molar-refractivity contribution is 7.46. The SMILES string of the molecule is Cc1cc(C)c(P=C[O-])c(C)c1. The molecule has 2 heteroatoms. The van der Waals surface area contributed by atoms with Crippen molar-refractivity contribution in [2.45, 2.75) is 20.8 Å². The molecule has 0 saturated carbocycles. The molecule has 0 heterocycles. The second-order valence-electron chi connectivity index (χ2n) is 2.98. The van der Waals surface area contributed by atoms with Crippen molar-refractivity contribution in [2.75, 3.05) is 0 Å². The summed E-state index contributed by atoms with van der Waals surface area (Å²) in [6, 6.07) is 4.22. The molecule has 0 saturated heterocycles. The van der Waals surface area contributed by atoms with Gasteiger partial charge in [0.25, 0.3) is 0 Å². The van der Waals surface area contributed by atoms with Crippen LogP contribution in [0, 0.1) is 20.8 Å². The Hall–Kier alpha value is -0.650. The van der Waals surface area contributed by atoms with Gasteiger partial charge in [0.05, 0.1) is 0 Å². The number of rotatable bonds is 1. The molecule has 0 aliphatic rings. The van der Waals surface area contributed by atoms with Crippen molar-refractivity contribution in [1.82, 2.24) is 0 Å². The Kier molecular flexibility index (Phi) is 3.02. The van der Waals surface area contributed by atoms with Crippen molar-refractivity contribution in [2.24, 2.45) is 0 Å². The Bertz CT molecular complexity index is 293. The second-order valence-corrected chi connectivity index (χ2v) is 3.90. The standard InChI is InChI=1S/C10H13OP/c1-7-4-8(2)10(12-6-11)9(3)5-7/h4-6,11H,1-3H3/p-1. The van der Waals surface area contributed by atoms with E-state index in [0.717, 1.165) is 19.5 Å². The first-order valence-electron chi connectivity index (χ1n) is 3.87. The minimum Gasteiger partial charge on any atom is -0.830 e. The van der Waals surface area contributed by atoms with Gasteiger partial charge in [-0.25, -0.2) is 0 Å². The summed E-state index contributed by atoms with van der Waals surface area (Å²) in [6.07, 6.45) is 0. The Morgan fingerprint density at radius 3 is 2.08 bits per heavy atom. The van der Waals surface area contributed by atoms with Crippen molar-refractivity contribution in [3.63, 3.8) is 0 Å². The largest absolute Gasteiger partial charge is 0.830 e. The summed E-state index contributed by atoms with van der Waals surface area (Å²) in [5.74, 6) is 0.935. The molecular formula is C10H12OP-. The molecule has 0 bridgehead atoms. The van der Waals surface area contributed by atoms with Crippen LogP contribution in [-0.4, -0.2) is 5.98 Å². The number of hydrogen-bond acceptors (Lipinski definition) is 1. The quantitative estimate of drug-likeness (QED) is 0.596. The Morgan fingerprint density at radius 2 is 1.67 bits per heavy atom. The molecule has 0 aromatic heterocycles. The molecule has 0 spiro atoms. The molecule has 0 atom stereocenters. The molecule has 1 aromatic carbocycles. The fraction of sp³-hybridized carbons (Fsp3) is 0.300. The molecule has 0 aliphatic carbocycles. The Morgan fingerprint density at radius 1 is 1.17 bits per heavy atom. The monoisotopic (exact) mass is 179 g/mol. The second kappa shape index (κ2) is 3.84. The van der Waals surface area contributed by atoms with E-state index in [1.54, 1.807) is 0 Å². The van der Waals surface area contributed by atoms with Crippen molar-refractivity contribution in [1.29, 1.82) is 0 Å². The molecule has 1 nitrogen and oxygen atoms in total. The topological polar surface area (TPSA) is 23.1 Å². The summed E-state index contributed by atoms with van der Waals surface area (Å²) >= 11 is 0. The van der Waals surface area contributed by atoms with Crippen LogP contribution in [0.5, 0.6) is 0 Å². The lowest BCUT2D eigenvalue weighted by Gasteiger charge is -2.06. The molecule has 64 valence electrons. The fourth-order valence-corrected chi connectivity index (χ4v) is 2.07. The zero-order valence-electron chi connectivity index (χ0n) is 7.59. The van der Waals surface area contributed by atoms with Gasteiger partial charge in [0.1, 0.15) is 0 Å².